The predicted molar refractivity (Wildman–Crippen MR) is 58.1 cm³/mol. The summed E-state index contributed by atoms with van der Waals surface area (Å²) in [4.78, 5) is 10.7. The molecule has 0 saturated carbocycles. The molecule has 1 heterocycles. The molecule has 0 aliphatic carbocycles. The Hall–Kier alpha value is -2.38. The fourth-order valence-electron chi connectivity index (χ4n) is 1.51. The summed E-state index contributed by atoms with van der Waals surface area (Å²) in [6.07, 6.45) is -3.41. The molecule has 0 saturated heterocycles. The van der Waals surface area contributed by atoms with Crippen LogP contribution in [0.25, 0.3) is 5.69 Å². The summed E-state index contributed by atoms with van der Waals surface area (Å²) in [7, 11) is 0. The van der Waals surface area contributed by atoms with Crippen LogP contribution in [0.1, 0.15) is 21.6 Å². The first-order valence-electron chi connectivity index (χ1n) is 5.13. The number of carboxylic acid groups (broad SMARTS) is 1. The molecule has 0 radical (unpaired) electrons. The quantitative estimate of drug-likeness (QED) is 0.909. The van der Waals surface area contributed by atoms with Crippen molar-refractivity contribution in [2.75, 3.05) is 0 Å². The van der Waals surface area contributed by atoms with Crippen molar-refractivity contribution in [3.63, 3.8) is 0 Å². The Morgan fingerprint density at radius 1 is 1.37 bits per heavy atom. The van der Waals surface area contributed by atoms with Crippen molar-refractivity contribution in [3.8, 4) is 5.69 Å². The van der Waals surface area contributed by atoms with Crippen LogP contribution in [0, 0.1) is 6.92 Å². The van der Waals surface area contributed by atoms with Gasteiger partial charge in [0.15, 0.2) is 5.69 Å². The molecule has 0 fully saturated rings. The summed E-state index contributed by atoms with van der Waals surface area (Å²) in [5.74, 6) is -1.30. The minimum absolute atomic E-state index is 0.134. The average Bonchev–Trinajstić information content (AvgIpc) is 2.77. The maximum Gasteiger partial charge on any atom is 0.416 e. The van der Waals surface area contributed by atoms with E-state index in [2.05, 4.69) is 10.3 Å². The van der Waals surface area contributed by atoms with Crippen LogP contribution >= 0.6 is 0 Å². The van der Waals surface area contributed by atoms with Crippen molar-refractivity contribution in [2.45, 2.75) is 13.1 Å². The van der Waals surface area contributed by atoms with Crippen molar-refractivity contribution in [1.82, 2.24) is 15.0 Å². The summed E-state index contributed by atoms with van der Waals surface area (Å²) >= 11 is 0. The molecule has 0 amide bonds. The molecule has 0 spiro atoms. The smallest absolute Gasteiger partial charge is 0.416 e. The zero-order valence-corrected chi connectivity index (χ0v) is 9.64. The highest BCUT2D eigenvalue weighted by molar-refractivity contribution is 5.84. The molecule has 0 aliphatic heterocycles. The monoisotopic (exact) mass is 271 g/mol. The molecule has 19 heavy (non-hydrogen) atoms. The van der Waals surface area contributed by atoms with Gasteiger partial charge in [0.25, 0.3) is 0 Å². The second kappa shape index (κ2) is 4.38. The van der Waals surface area contributed by atoms with Crippen LogP contribution in [0.3, 0.4) is 0 Å². The van der Waals surface area contributed by atoms with E-state index in [9.17, 15) is 18.0 Å². The summed E-state index contributed by atoms with van der Waals surface area (Å²) in [6, 6.07) is 3.14. The third-order valence-corrected chi connectivity index (χ3v) is 2.50. The molecule has 0 unspecified atom stereocenters. The third-order valence-electron chi connectivity index (χ3n) is 2.50. The molecule has 1 aromatic carbocycles. The highest BCUT2D eigenvalue weighted by atomic mass is 19.4. The molecule has 0 atom stereocenters. The Morgan fingerprint density at radius 3 is 2.58 bits per heavy atom. The van der Waals surface area contributed by atoms with Crippen molar-refractivity contribution >= 4 is 5.97 Å². The van der Waals surface area contributed by atoms with Crippen molar-refractivity contribution in [3.05, 3.63) is 41.2 Å². The molecule has 5 nitrogen and oxygen atoms in total. The zero-order valence-electron chi connectivity index (χ0n) is 9.64. The Labute approximate surface area is 105 Å². The van der Waals surface area contributed by atoms with E-state index < -0.39 is 17.7 Å². The first-order valence-corrected chi connectivity index (χ1v) is 5.13. The number of benzene rings is 1. The Morgan fingerprint density at radius 2 is 2.05 bits per heavy atom. The molecule has 0 bridgehead atoms. The fourth-order valence-corrected chi connectivity index (χ4v) is 1.51. The van der Waals surface area contributed by atoms with Gasteiger partial charge in [0.05, 0.1) is 17.4 Å². The van der Waals surface area contributed by atoms with E-state index >= 15 is 0 Å². The lowest BCUT2D eigenvalue weighted by Gasteiger charge is -2.10. The number of hydrogen-bond donors (Lipinski definition) is 1. The summed E-state index contributed by atoms with van der Waals surface area (Å²) < 4.78 is 38.8. The average molecular weight is 271 g/mol. The van der Waals surface area contributed by atoms with Gasteiger partial charge in [-0.1, -0.05) is 11.3 Å². The van der Waals surface area contributed by atoms with E-state index in [-0.39, 0.29) is 11.4 Å². The molecule has 1 N–H and O–H groups in total. The number of alkyl halides is 3. The second-order valence-corrected chi connectivity index (χ2v) is 3.85. The highest BCUT2D eigenvalue weighted by Gasteiger charge is 2.31. The lowest BCUT2D eigenvalue weighted by atomic mass is 10.1. The van der Waals surface area contributed by atoms with Crippen LogP contribution < -0.4 is 0 Å². The first-order chi connectivity index (χ1) is 8.79. The van der Waals surface area contributed by atoms with E-state index in [1.54, 1.807) is 6.92 Å². The lowest BCUT2D eigenvalue weighted by molar-refractivity contribution is -0.137. The zero-order chi connectivity index (χ0) is 14.2. The van der Waals surface area contributed by atoms with Crippen molar-refractivity contribution < 1.29 is 23.1 Å². The lowest BCUT2D eigenvalue weighted by Crippen LogP contribution is -2.07. The summed E-state index contributed by atoms with van der Waals surface area (Å²) in [5, 5.41) is 15.6. The van der Waals surface area contributed by atoms with Gasteiger partial charge in [-0.25, -0.2) is 9.48 Å². The summed E-state index contributed by atoms with van der Waals surface area (Å²) in [6.45, 7) is 1.59. The summed E-state index contributed by atoms with van der Waals surface area (Å²) in [5.41, 5.74) is -0.512. The molecule has 100 valence electrons. The van der Waals surface area contributed by atoms with Crippen molar-refractivity contribution in [2.24, 2.45) is 0 Å². The minimum atomic E-state index is -4.47. The van der Waals surface area contributed by atoms with Crippen molar-refractivity contribution in [1.29, 1.82) is 0 Å². The van der Waals surface area contributed by atoms with Crippen LogP contribution in [-0.4, -0.2) is 26.1 Å². The Balaban J connectivity index is 2.51. The minimum Gasteiger partial charge on any atom is -0.476 e. The van der Waals surface area contributed by atoms with Gasteiger partial charge < -0.3 is 5.11 Å². The van der Waals surface area contributed by atoms with E-state index in [4.69, 9.17) is 5.11 Å². The van der Waals surface area contributed by atoms with Crippen LogP contribution in [0.15, 0.2) is 24.4 Å². The van der Waals surface area contributed by atoms with E-state index in [1.165, 1.54) is 6.07 Å². The van der Waals surface area contributed by atoms with Gasteiger partial charge in [0.1, 0.15) is 0 Å². The van der Waals surface area contributed by atoms with E-state index in [0.717, 1.165) is 23.0 Å². The largest absolute Gasteiger partial charge is 0.476 e. The van der Waals surface area contributed by atoms with Crippen LogP contribution in [0.2, 0.25) is 0 Å². The van der Waals surface area contributed by atoms with E-state index in [1.807, 2.05) is 0 Å². The molecule has 8 heteroatoms. The van der Waals surface area contributed by atoms with Gasteiger partial charge in [-0.3, -0.25) is 0 Å². The maximum atomic E-state index is 12.6. The molecule has 0 aliphatic rings. The normalized spacial score (nSPS) is 11.6. The topological polar surface area (TPSA) is 68.0 Å². The Kier molecular flexibility index (Phi) is 3.01. The maximum absolute atomic E-state index is 12.6. The van der Waals surface area contributed by atoms with Gasteiger partial charge in [-0.2, -0.15) is 13.2 Å². The van der Waals surface area contributed by atoms with Gasteiger partial charge in [0.2, 0.25) is 0 Å². The number of aryl methyl sites for hydroxylation is 1. The number of rotatable bonds is 2. The molecule has 2 aromatic rings. The SMILES string of the molecule is Cc1ccc(C(F)(F)F)cc1-n1cc(C(=O)O)nn1. The van der Waals surface area contributed by atoms with Gasteiger partial charge in [0, 0.05) is 0 Å². The van der Waals surface area contributed by atoms with Crippen LogP contribution in [0.4, 0.5) is 13.2 Å². The third kappa shape index (κ3) is 2.56. The first kappa shape index (κ1) is 13.1. The number of hydrogen-bond acceptors (Lipinski definition) is 3. The standard InChI is InChI=1S/C11H8F3N3O2/c1-6-2-3-7(11(12,13)14)4-9(6)17-5-8(10(18)19)15-16-17/h2-5H,1H3,(H,18,19). The number of carboxylic acids is 1. The molecular weight excluding hydrogens is 263 g/mol. The highest BCUT2D eigenvalue weighted by Crippen LogP contribution is 2.31. The molecular formula is C11H8F3N3O2. The molecule has 1 aromatic heterocycles. The molecule has 2 rings (SSSR count). The predicted octanol–water partition coefficient (Wildman–Crippen LogP) is 2.29. The van der Waals surface area contributed by atoms with Gasteiger partial charge in [-0.15, -0.1) is 5.10 Å². The number of aromatic carboxylic acids is 1. The second-order valence-electron chi connectivity index (χ2n) is 3.85. The van der Waals surface area contributed by atoms with E-state index in [0.29, 0.717) is 5.56 Å². The number of aromatic nitrogens is 3. The Bertz CT molecular complexity index is 634. The number of carbonyl (C=O) groups is 1. The van der Waals surface area contributed by atoms with Gasteiger partial charge in [-0.05, 0) is 24.6 Å². The number of nitrogens with zero attached hydrogens (tertiary/aromatic N) is 3. The fraction of sp³-hybridized carbons (Fsp3) is 0.182. The van der Waals surface area contributed by atoms with Gasteiger partial charge >= 0.3 is 12.1 Å². The number of halogens is 3. The van der Waals surface area contributed by atoms with Crippen LogP contribution in [-0.2, 0) is 6.18 Å². The van der Waals surface area contributed by atoms with Crippen LogP contribution in [0.5, 0.6) is 0 Å².